The summed E-state index contributed by atoms with van der Waals surface area (Å²) in [6.45, 7) is 6.94. The lowest BCUT2D eigenvalue weighted by molar-refractivity contribution is 0.101. The molecule has 2 rings (SSSR count). The highest BCUT2D eigenvalue weighted by Crippen LogP contribution is 2.34. The number of hydrogen-bond acceptors (Lipinski definition) is 3. The highest BCUT2D eigenvalue weighted by Gasteiger charge is 2.27. The van der Waals surface area contributed by atoms with Crippen molar-refractivity contribution in [1.29, 1.82) is 0 Å². The van der Waals surface area contributed by atoms with Crippen molar-refractivity contribution < 1.29 is 14.6 Å². The molecule has 0 heterocycles. The second-order valence-electron chi connectivity index (χ2n) is 5.74. The lowest BCUT2D eigenvalue weighted by Gasteiger charge is -2.26. The van der Waals surface area contributed by atoms with Gasteiger partial charge in [-0.2, -0.15) is 0 Å². The maximum atomic E-state index is 11.1. The van der Waals surface area contributed by atoms with E-state index in [0.717, 1.165) is 32.5 Å². The first-order chi connectivity index (χ1) is 10.9. The van der Waals surface area contributed by atoms with Crippen molar-refractivity contribution in [2.24, 2.45) is 0 Å². The molecule has 23 heavy (non-hydrogen) atoms. The summed E-state index contributed by atoms with van der Waals surface area (Å²) in [7, 11) is 1.65. The number of benzene rings is 2. The van der Waals surface area contributed by atoms with Gasteiger partial charge in [-0.15, -0.1) is 0 Å². The Kier molecular flexibility index (Phi) is 5.84. The SMILES string of the molecule is CCOCc1cc(Br)cc([C@@](C)(O)c2ccc(OC)c(C)c2)c1. The molecular formula is C19H23BrO3. The minimum absolute atomic E-state index is 0.528. The zero-order valence-corrected chi connectivity index (χ0v) is 15.6. The minimum Gasteiger partial charge on any atom is -0.496 e. The first-order valence-corrected chi connectivity index (χ1v) is 8.43. The van der Waals surface area contributed by atoms with Gasteiger partial charge in [-0.3, -0.25) is 0 Å². The highest BCUT2D eigenvalue weighted by molar-refractivity contribution is 9.10. The largest absolute Gasteiger partial charge is 0.496 e. The van der Waals surface area contributed by atoms with Crippen LogP contribution in [-0.4, -0.2) is 18.8 Å². The van der Waals surface area contributed by atoms with Crippen LogP contribution in [0.5, 0.6) is 5.75 Å². The second-order valence-corrected chi connectivity index (χ2v) is 6.66. The quantitative estimate of drug-likeness (QED) is 0.800. The molecule has 2 aromatic carbocycles. The summed E-state index contributed by atoms with van der Waals surface area (Å²) >= 11 is 3.52. The molecule has 2 aromatic rings. The predicted octanol–water partition coefficient (Wildman–Crippen LogP) is 4.56. The molecule has 1 N–H and O–H groups in total. The lowest BCUT2D eigenvalue weighted by atomic mass is 9.86. The number of aryl methyl sites for hydroxylation is 1. The van der Waals surface area contributed by atoms with Crippen LogP contribution in [0.1, 0.15) is 36.1 Å². The molecule has 0 fully saturated rings. The smallest absolute Gasteiger partial charge is 0.121 e. The Hall–Kier alpha value is -1.36. The van der Waals surface area contributed by atoms with Crippen LogP contribution in [0.25, 0.3) is 0 Å². The first-order valence-electron chi connectivity index (χ1n) is 7.63. The average molecular weight is 379 g/mol. The lowest BCUT2D eigenvalue weighted by Crippen LogP contribution is -2.23. The Balaban J connectivity index is 2.42. The first kappa shape index (κ1) is 18.0. The van der Waals surface area contributed by atoms with E-state index in [1.807, 2.05) is 50.2 Å². The van der Waals surface area contributed by atoms with E-state index in [9.17, 15) is 5.11 Å². The highest BCUT2D eigenvalue weighted by atomic mass is 79.9. The molecule has 0 unspecified atom stereocenters. The summed E-state index contributed by atoms with van der Waals surface area (Å²) < 4.78 is 11.7. The van der Waals surface area contributed by atoms with Gasteiger partial charge in [0.05, 0.1) is 13.7 Å². The molecule has 0 amide bonds. The van der Waals surface area contributed by atoms with Gasteiger partial charge in [0.25, 0.3) is 0 Å². The summed E-state index contributed by atoms with van der Waals surface area (Å²) in [6, 6.07) is 11.7. The van der Waals surface area contributed by atoms with Crippen LogP contribution in [0.15, 0.2) is 40.9 Å². The van der Waals surface area contributed by atoms with E-state index in [2.05, 4.69) is 15.9 Å². The molecule has 0 saturated heterocycles. The number of ether oxygens (including phenoxy) is 2. The monoisotopic (exact) mass is 378 g/mol. The van der Waals surface area contributed by atoms with E-state index >= 15 is 0 Å². The van der Waals surface area contributed by atoms with Crippen LogP contribution >= 0.6 is 15.9 Å². The number of rotatable bonds is 6. The van der Waals surface area contributed by atoms with Gasteiger partial charge in [0.2, 0.25) is 0 Å². The predicted molar refractivity (Wildman–Crippen MR) is 95.9 cm³/mol. The maximum absolute atomic E-state index is 11.1. The average Bonchev–Trinajstić information content (AvgIpc) is 2.52. The van der Waals surface area contributed by atoms with Gasteiger partial charge in [0.15, 0.2) is 0 Å². The van der Waals surface area contributed by atoms with Gasteiger partial charge in [0.1, 0.15) is 11.4 Å². The summed E-state index contributed by atoms with van der Waals surface area (Å²) in [4.78, 5) is 0. The van der Waals surface area contributed by atoms with E-state index in [1.54, 1.807) is 14.0 Å². The Morgan fingerprint density at radius 3 is 2.48 bits per heavy atom. The minimum atomic E-state index is -1.10. The third kappa shape index (κ3) is 4.14. The van der Waals surface area contributed by atoms with Gasteiger partial charge in [-0.1, -0.05) is 28.1 Å². The van der Waals surface area contributed by atoms with E-state index < -0.39 is 5.60 Å². The van der Waals surface area contributed by atoms with E-state index in [4.69, 9.17) is 9.47 Å². The second kappa shape index (κ2) is 7.47. The molecule has 0 saturated carbocycles. The fraction of sp³-hybridized carbons (Fsp3) is 0.368. The number of halogens is 1. The Bertz CT molecular complexity index is 680. The molecule has 0 aromatic heterocycles. The third-order valence-electron chi connectivity index (χ3n) is 3.95. The number of hydrogen-bond donors (Lipinski definition) is 1. The normalized spacial score (nSPS) is 13.7. The topological polar surface area (TPSA) is 38.7 Å². The molecule has 0 spiro atoms. The van der Waals surface area contributed by atoms with Crippen LogP contribution in [0.2, 0.25) is 0 Å². The summed E-state index contributed by atoms with van der Waals surface area (Å²) in [5.41, 5.74) is 2.58. The van der Waals surface area contributed by atoms with Crippen molar-refractivity contribution in [3.05, 3.63) is 63.1 Å². The van der Waals surface area contributed by atoms with Crippen molar-refractivity contribution in [2.45, 2.75) is 33.0 Å². The molecule has 124 valence electrons. The van der Waals surface area contributed by atoms with E-state index in [0.29, 0.717) is 13.2 Å². The molecule has 0 radical (unpaired) electrons. The molecule has 0 bridgehead atoms. The Labute approximate surface area is 146 Å². The third-order valence-corrected chi connectivity index (χ3v) is 4.41. The van der Waals surface area contributed by atoms with Gasteiger partial charge in [-0.25, -0.2) is 0 Å². The molecule has 1 atom stereocenters. The zero-order chi connectivity index (χ0) is 17.0. The van der Waals surface area contributed by atoms with Gasteiger partial charge in [-0.05, 0) is 67.3 Å². The van der Waals surface area contributed by atoms with Gasteiger partial charge >= 0.3 is 0 Å². The van der Waals surface area contributed by atoms with Crippen LogP contribution < -0.4 is 4.74 Å². The van der Waals surface area contributed by atoms with E-state index in [1.165, 1.54) is 0 Å². The summed E-state index contributed by atoms with van der Waals surface area (Å²) in [6.07, 6.45) is 0. The van der Waals surface area contributed by atoms with Crippen molar-refractivity contribution in [3.8, 4) is 5.75 Å². The number of methoxy groups -OCH3 is 1. The summed E-state index contributed by atoms with van der Waals surface area (Å²) in [5.74, 6) is 0.816. The van der Waals surface area contributed by atoms with Gasteiger partial charge < -0.3 is 14.6 Å². The van der Waals surface area contributed by atoms with Crippen molar-refractivity contribution in [3.63, 3.8) is 0 Å². The fourth-order valence-electron chi connectivity index (χ4n) is 2.58. The molecule has 0 aliphatic heterocycles. The number of aliphatic hydroxyl groups is 1. The maximum Gasteiger partial charge on any atom is 0.121 e. The molecule has 0 aliphatic carbocycles. The van der Waals surface area contributed by atoms with Crippen LogP contribution in [0.3, 0.4) is 0 Å². The molecule has 3 nitrogen and oxygen atoms in total. The Morgan fingerprint density at radius 2 is 1.87 bits per heavy atom. The molecule has 0 aliphatic rings. The zero-order valence-electron chi connectivity index (χ0n) is 14.0. The standard InChI is InChI=1S/C19H23BrO3/c1-5-23-12-14-9-16(11-17(20)10-14)19(3,21)15-6-7-18(22-4)13(2)8-15/h6-11,21H,5,12H2,1-4H3/t19-/m0/s1. The van der Waals surface area contributed by atoms with Crippen molar-refractivity contribution in [1.82, 2.24) is 0 Å². The molecular weight excluding hydrogens is 356 g/mol. The summed E-state index contributed by atoms with van der Waals surface area (Å²) in [5, 5.41) is 11.1. The Morgan fingerprint density at radius 1 is 1.13 bits per heavy atom. The fourth-order valence-corrected chi connectivity index (χ4v) is 3.12. The van der Waals surface area contributed by atoms with Crippen LogP contribution in [0.4, 0.5) is 0 Å². The van der Waals surface area contributed by atoms with Gasteiger partial charge in [0, 0.05) is 11.1 Å². The van der Waals surface area contributed by atoms with Crippen LogP contribution in [0, 0.1) is 6.92 Å². The van der Waals surface area contributed by atoms with E-state index in [-0.39, 0.29) is 0 Å². The molecule has 4 heteroatoms. The van der Waals surface area contributed by atoms with Crippen LogP contribution in [-0.2, 0) is 16.9 Å². The van der Waals surface area contributed by atoms with Crippen molar-refractivity contribution >= 4 is 15.9 Å². The van der Waals surface area contributed by atoms with Crippen molar-refractivity contribution in [2.75, 3.05) is 13.7 Å².